The van der Waals surface area contributed by atoms with Crippen LogP contribution in [-0.4, -0.2) is 52.3 Å². The lowest BCUT2D eigenvalue weighted by Crippen LogP contribution is -2.04. The van der Waals surface area contributed by atoms with E-state index in [1.165, 1.54) is 126 Å². The maximum atomic E-state index is 16.9. The molecule has 0 N–H and O–H groups in total. The Hall–Kier alpha value is -5.90. The van der Waals surface area contributed by atoms with E-state index in [1.807, 2.05) is 0 Å². The minimum absolute atomic E-state index is 0.0113. The van der Waals surface area contributed by atoms with E-state index in [0.29, 0.717) is 0 Å². The number of ether oxygens (including phenoxy) is 4. The molecule has 0 unspecified atom stereocenters. The molecule has 4 aromatic carbocycles. The largest absolute Gasteiger partial charge is 0.465 e. The fourth-order valence-corrected chi connectivity index (χ4v) is 4.57. The number of carbonyl (C=O) groups is 4. The number of benzene rings is 4. The first kappa shape index (κ1) is 33.0. The zero-order valence-corrected chi connectivity index (χ0v) is 25.3. The van der Waals surface area contributed by atoms with Crippen LogP contribution in [0.15, 0.2) is 97.1 Å². The highest BCUT2D eigenvalue weighted by atomic mass is 19.1. The number of allylic oxidation sites excluding steroid dienone is 2. The van der Waals surface area contributed by atoms with Gasteiger partial charge >= 0.3 is 23.9 Å². The molecule has 0 aliphatic heterocycles. The molecule has 234 valence electrons. The normalized spacial score (nSPS) is 11.9. The second-order valence-corrected chi connectivity index (χ2v) is 9.65. The Morgan fingerprint density at radius 1 is 0.348 bits per heavy atom. The van der Waals surface area contributed by atoms with Gasteiger partial charge in [0.2, 0.25) is 0 Å². The number of hydrogen-bond donors (Lipinski definition) is 0. The van der Waals surface area contributed by atoms with Crippen molar-refractivity contribution in [2.75, 3.05) is 28.4 Å². The summed E-state index contributed by atoms with van der Waals surface area (Å²) in [5, 5.41) is 0. The molecule has 4 rings (SSSR count). The van der Waals surface area contributed by atoms with E-state index in [4.69, 9.17) is 18.9 Å². The van der Waals surface area contributed by atoms with Gasteiger partial charge in [0.25, 0.3) is 0 Å². The molecule has 8 nitrogen and oxygen atoms in total. The van der Waals surface area contributed by atoms with E-state index >= 15 is 8.78 Å². The highest BCUT2D eigenvalue weighted by molar-refractivity contribution is 6.19. The molecule has 0 aliphatic carbocycles. The zero-order valence-electron chi connectivity index (χ0n) is 25.3. The summed E-state index contributed by atoms with van der Waals surface area (Å²) < 4.78 is 52.7. The number of hydrogen-bond acceptors (Lipinski definition) is 8. The molecule has 0 heterocycles. The zero-order chi connectivity index (χ0) is 33.4. The molecule has 10 heteroatoms. The minimum Gasteiger partial charge on any atom is -0.465 e. The molecule has 0 aromatic heterocycles. The molecule has 0 amide bonds. The molecule has 0 spiro atoms. The lowest BCUT2D eigenvalue weighted by molar-refractivity contribution is 0.0592. The molecule has 0 saturated carbocycles. The van der Waals surface area contributed by atoms with E-state index in [-0.39, 0.29) is 55.7 Å². The topological polar surface area (TPSA) is 105 Å². The van der Waals surface area contributed by atoms with E-state index < -0.39 is 35.5 Å². The Morgan fingerprint density at radius 2 is 0.522 bits per heavy atom. The van der Waals surface area contributed by atoms with Crippen molar-refractivity contribution in [1.29, 1.82) is 0 Å². The molecular weight excluding hydrogens is 598 g/mol. The summed E-state index contributed by atoms with van der Waals surface area (Å²) in [7, 11) is 4.88. The van der Waals surface area contributed by atoms with Gasteiger partial charge in [-0.15, -0.1) is 0 Å². The van der Waals surface area contributed by atoms with Gasteiger partial charge in [0.05, 0.1) is 50.7 Å². The average Bonchev–Trinajstić information content (AvgIpc) is 3.12. The van der Waals surface area contributed by atoms with E-state index in [2.05, 4.69) is 0 Å². The predicted molar refractivity (Wildman–Crippen MR) is 167 cm³/mol. The Kier molecular flexibility index (Phi) is 10.6. The third kappa shape index (κ3) is 7.07. The van der Waals surface area contributed by atoms with Gasteiger partial charge in [0.15, 0.2) is 0 Å². The van der Waals surface area contributed by atoms with Gasteiger partial charge in [-0.1, -0.05) is 48.5 Å². The Bertz CT molecular complexity index is 1680. The van der Waals surface area contributed by atoms with E-state index in [0.717, 1.165) is 0 Å². The summed E-state index contributed by atoms with van der Waals surface area (Å²) in [6, 6.07) is 22.3. The van der Waals surface area contributed by atoms with Crippen molar-refractivity contribution in [3.63, 3.8) is 0 Å². The average molecular weight is 627 g/mol. The first-order chi connectivity index (χ1) is 22.1. The number of halogens is 2. The lowest BCUT2D eigenvalue weighted by Gasteiger charge is -2.18. The SMILES string of the molecule is COC(=O)c1ccc(/C(F)=C(/C(=C(\F)c2ccc(C(=O)OC)cc2)c2ccc(C(=O)OC)cc2)c2ccc(C(=O)OC)cc2)cc1. The second-order valence-electron chi connectivity index (χ2n) is 9.65. The van der Waals surface area contributed by atoms with Crippen molar-refractivity contribution in [3.05, 3.63) is 142 Å². The van der Waals surface area contributed by atoms with Crippen LogP contribution in [0.4, 0.5) is 8.78 Å². The molecule has 0 radical (unpaired) electrons. The summed E-state index contributed by atoms with van der Waals surface area (Å²) >= 11 is 0. The molecule has 0 aliphatic rings. The van der Waals surface area contributed by atoms with Gasteiger partial charge in [0.1, 0.15) is 11.7 Å². The van der Waals surface area contributed by atoms with Crippen LogP contribution in [0, 0.1) is 0 Å². The smallest absolute Gasteiger partial charge is 0.337 e. The van der Waals surface area contributed by atoms with Crippen LogP contribution >= 0.6 is 0 Å². The third-order valence-electron chi connectivity index (χ3n) is 7.00. The molecule has 0 bridgehead atoms. The summed E-state index contributed by atoms with van der Waals surface area (Å²) in [5.74, 6) is -4.22. The van der Waals surface area contributed by atoms with Crippen molar-refractivity contribution in [3.8, 4) is 0 Å². The van der Waals surface area contributed by atoms with Gasteiger partial charge in [-0.2, -0.15) is 0 Å². The third-order valence-corrected chi connectivity index (χ3v) is 7.00. The second kappa shape index (κ2) is 14.7. The lowest BCUT2D eigenvalue weighted by atomic mass is 9.87. The van der Waals surface area contributed by atoms with Crippen molar-refractivity contribution >= 4 is 46.7 Å². The molecule has 0 atom stereocenters. The maximum absolute atomic E-state index is 16.9. The molecule has 46 heavy (non-hydrogen) atoms. The van der Waals surface area contributed by atoms with Crippen LogP contribution in [0.25, 0.3) is 22.8 Å². The molecular formula is C36H28F2O8. The molecule has 4 aromatic rings. The number of carbonyl (C=O) groups excluding carboxylic acids is 4. The Labute approximate surface area is 263 Å². The van der Waals surface area contributed by atoms with Crippen LogP contribution in [-0.2, 0) is 18.9 Å². The van der Waals surface area contributed by atoms with Gasteiger partial charge in [-0.05, 0) is 59.7 Å². The van der Waals surface area contributed by atoms with Crippen molar-refractivity contribution < 1.29 is 46.9 Å². The van der Waals surface area contributed by atoms with Crippen molar-refractivity contribution in [1.82, 2.24) is 0 Å². The van der Waals surface area contributed by atoms with Crippen LogP contribution in [0.2, 0.25) is 0 Å². The van der Waals surface area contributed by atoms with E-state index in [1.54, 1.807) is 0 Å². The highest BCUT2D eigenvalue weighted by Gasteiger charge is 2.24. The van der Waals surface area contributed by atoms with E-state index in [9.17, 15) is 19.2 Å². The first-order valence-electron chi connectivity index (χ1n) is 13.7. The van der Waals surface area contributed by atoms with Crippen molar-refractivity contribution in [2.24, 2.45) is 0 Å². The number of methoxy groups -OCH3 is 4. The van der Waals surface area contributed by atoms with Gasteiger partial charge in [-0.3, -0.25) is 0 Å². The van der Waals surface area contributed by atoms with Crippen LogP contribution in [0.5, 0.6) is 0 Å². The fraction of sp³-hybridized carbons (Fsp3) is 0.111. The standard InChI is InChI=1S/C36H28F2O8/c1-43-33(39)25-13-5-21(6-14-25)29(31(37)23-9-17-27(18-10-23)35(41)45-3)30(22-7-15-26(16-8-22)34(40)44-2)32(38)24-11-19-28(20-12-24)36(42)46-4/h5-20H,1-4H3/b31-29-,32-30-. The summed E-state index contributed by atoms with van der Waals surface area (Å²) in [4.78, 5) is 48.3. The van der Waals surface area contributed by atoms with Crippen molar-refractivity contribution in [2.45, 2.75) is 0 Å². The molecule has 0 saturated heterocycles. The summed E-state index contributed by atoms with van der Waals surface area (Å²) in [6.07, 6.45) is 0. The Morgan fingerprint density at radius 3 is 0.717 bits per heavy atom. The Balaban J connectivity index is 2.04. The van der Waals surface area contributed by atoms with Crippen LogP contribution in [0.3, 0.4) is 0 Å². The predicted octanol–water partition coefficient (Wildman–Crippen LogP) is 7.21. The summed E-state index contributed by atoms with van der Waals surface area (Å²) in [6.45, 7) is 0. The van der Waals surface area contributed by atoms with Gasteiger partial charge in [0, 0.05) is 22.3 Å². The van der Waals surface area contributed by atoms with Crippen LogP contribution < -0.4 is 0 Å². The monoisotopic (exact) mass is 626 g/mol. The number of rotatable bonds is 9. The summed E-state index contributed by atoms with van der Waals surface area (Å²) in [5.41, 5.74) is 0.703. The van der Waals surface area contributed by atoms with Crippen LogP contribution in [0.1, 0.15) is 63.7 Å². The minimum atomic E-state index is -0.865. The highest BCUT2D eigenvalue weighted by Crippen LogP contribution is 2.43. The maximum Gasteiger partial charge on any atom is 0.337 e. The van der Waals surface area contributed by atoms with Gasteiger partial charge in [-0.25, -0.2) is 28.0 Å². The number of esters is 4. The fourth-order valence-electron chi connectivity index (χ4n) is 4.57. The first-order valence-corrected chi connectivity index (χ1v) is 13.7. The quantitative estimate of drug-likeness (QED) is 0.0831. The van der Waals surface area contributed by atoms with Gasteiger partial charge < -0.3 is 18.9 Å². The molecule has 0 fully saturated rings.